The van der Waals surface area contributed by atoms with Crippen LogP contribution in [0.2, 0.25) is 0 Å². The fourth-order valence-electron chi connectivity index (χ4n) is 4.47. The summed E-state index contributed by atoms with van der Waals surface area (Å²) < 4.78 is 5.45. The molecule has 2 saturated heterocycles. The second-order valence-electron chi connectivity index (χ2n) is 8.18. The number of rotatable bonds is 7. The van der Waals surface area contributed by atoms with Crippen LogP contribution in [0.1, 0.15) is 43.2 Å². The molecule has 2 fully saturated rings. The zero-order chi connectivity index (χ0) is 21.6. The van der Waals surface area contributed by atoms with Crippen LogP contribution >= 0.6 is 0 Å². The Morgan fingerprint density at radius 1 is 0.839 bits per heavy atom. The Bertz CT molecular complexity index is 892. The third-order valence-electron chi connectivity index (χ3n) is 6.08. The molecular formula is C25H28N2O4. The first-order valence-corrected chi connectivity index (χ1v) is 11.0. The molecule has 4 rings (SSSR count). The van der Waals surface area contributed by atoms with Crippen molar-refractivity contribution < 1.29 is 19.1 Å². The fraction of sp³-hybridized carbons (Fsp3) is 0.400. The highest BCUT2D eigenvalue weighted by molar-refractivity contribution is 6.05. The van der Waals surface area contributed by atoms with Crippen LogP contribution in [0.4, 0.5) is 4.79 Å². The van der Waals surface area contributed by atoms with Crippen molar-refractivity contribution in [2.24, 2.45) is 0 Å². The molecule has 0 N–H and O–H groups in total. The van der Waals surface area contributed by atoms with Crippen molar-refractivity contribution in [1.82, 2.24) is 9.80 Å². The van der Waals surface area contributed by atoms with Crippen LogP contribution in [0.5, 0.6) is 0 Å². The first kappa shape index (κ1) is 21.1. The quantitative estimate of drug-likeness (QED) is 0.503. The molecule has 0 aromatic heterocycles. The Morgan fingerprint density at radius 2 is 1.42 bits per heavy atom. The molecule has 2 aliphatic heterocycles. The smallest absolute Gasteiger partial charge is 0.411 e. The Kier molecular flexibility index (Phi) is 6.65. The summed E-state index contributed by atoms with van der Waals surface area (Å²) in [6.07, 6.45) is 3.90. The van der Waals surface area contributed by atoms with Crippen molar-refractivity contribution in [3.8, 4) is 0 Å². The number of piperazine rings is 1. The van der Waals surface area contributed by atoms with Crippen molar-refractivity contribution in [3.05, 3.63) is 71.8 Å². The number of aryl methyl sites for hydroxylation is 1. The summed E-state index contributed by atoms with van der Waals surface area (Å²) in [6, 6.07) is 18.4. The van der Waals surface area contributed by atoms with Crippen molar-refractivity contribution >= 4 is 17.9 Å². The fourth-order valence-corrected chi connectivity index (χ4v) is 4.47. The lowest BCUT2D eigenvalue weighted by molar-refractivity contribution is -0.162. The largest absolute Gasteiger partial charge is 0.445 e. The number of carbonyl (C=O) groups is 3. The van der Waals surface area contributed by atoms with Crippen LogP contribution in [0.15, 0.2) is 60.7 Å². The maximum Gasteiger partial charge on any atom is 0.411 e. The number of hydrogen-bond donors (Lipinski definition) is 0. The van der Waals surface area contributed by atoms with E-state index in [4.69, 9.17) is 4.74 Å². The minimum absolute atomic E-state index is 0.126. The Labute approximate surface area is 182 Å². The van der Waals surface area contributed by atoms with Crippen molar-refractivity contribution in [2.45, 2.75) is 57.2 Å². The first-order chi connectivity index (χ1) is 15.1. The summed E-state index contributed by atoms with van der Waals surface area (Å²) in [5.74, 6) is -0.533. The maximum atomic E-state index is 13.1. The monoisotopic (exact) mass is 420 g/mol. The average Bonchev–Trinajstić information content (AvgIpc) is 2.82. The standard InChI is InChI=1S/C25H28N2O4/c28-23-21-15-9-16-22(27(21)25(30)31-18-20-13-5-2-6-14-20)24(29)26(23)17-8-7-12-19-10-3-1-4-11-19/h1-6,10-11,13-14,21-22H,7-9,12,15-18H2. The Hall–Kier alpha value is -3.15. The molecular weight excluding hydrogens is 392 g/mol. The maximum absolute atomic E-state index is 13.1. The SMILES string of the molecule is O=C1C2CCCC(C(=O)N1CCCCc1ccccc1)N2C(=O)OCc1ccccc1. The number of likely N-dealkylation sites (tertiary alicyclic amines) is 1. The van der Waals surface area contributed by atoms with Gasteiger partial charge in [0.1, 0.15) is 18.7 Å². The number of nitrogens with zero attached hydrogens (tertiary/aromatic N) is 2. The summed E-state index contributed by atoms with van der Waals surface area (Å²) >= 11 is 0. The molecule has 2 aromatic carbocycles. The summed E-state index contributed by atoms with van der Waals surface area (Å²) in [4.78, 5) is 41.7. The van der Waals surface area contributed by atoms with E-state index in [9.17, 15) is 14.4 Å². The van der Waals surface area contributed by atoms with E-state index in [1.54, 1.807) is 0 Å². The molecule has 6 heteroatoms. The van der Waals surface area contributed by atoms with Gasteiger partial charge >= 0.3 is 6.09 Å². The number of hydrogen-bond acceptors (Lipinski definition) is 4. The molecule has 2 aromatic rings. The first-order valence-electron chi connectivity index (χ1n) is 11.0. The number of benzene rings is 2. The van der Waals surface area contributed by atoms with Gasteiger partial charge in [-0.05, 0) is 49.7 Å². The minimum Gasteiger partial charge on any atom is -0.445 e. The van der Waals surface area contributed by atoms with E-state index in [0.29, 0.717) is 19.4 Å². The lowest BCUT2D eigenvalue weighted by Gasteiger charge is -2.46. The highest BCUT2D eigenvalue weighted by Crippen LogP contribution is 2.31. The van der Waals surface area contributed by atoms with E-state index in [1.165, 1.54) is 15.4 Å². The highest BCUT2D eigenvalue weighted by atomic mass is 16.6. The number of ether oxygens (including phenoxy) is 1. The van der Waals surface area contributed by atoms with Crippen LogP contribution in [-0.2, 0) is 27.4 Å². The zero-order valence-electron chi connectivity index (χ0n) is 17.6. The van der Waals surface area contributed by atoms with Crippen molar-refractivity contribution in [1.29, 1.82) is 0 Å². The average molecular weight is 421 g/mol. The van der Waals surface area contributed by atoms with Crippen LogP contribution in [0, 0.1) is 0 Å². The van der Waals surface area contributed by atoms with Gasteiger partial charge in [-0.3, -0.25) is 19.4 Å². The minimum atomic E-state index is -0.603. The highest BCUT2D eigenvalue weighted by Gasteiger charge is 2.50. The summed E-state index contributed by atoms with van der Waals surface area (Å²) in [5, 5.41) is 0. The molecule has 2 atom stereocenters. The Balaban J connectivity index is 1.35. The van der Waals surface area contributed by atoms with Gasteiger partial charge in [-0.1, -0.05) is 60.7 Å². The number of piperidine rings is 1. The van der Waals surface area contributed by atoms with Crippen LogP contribution < -0.4 is 0 Å². The van der Waals surface area contributed by atoms with Gasteiger partial charge in [0.15, 0.2) is 0 Å². The third-order valence-corrected chi connectivity index (χ3v) is 6.08. The van der Waals surface area contributed by atoms with Gasteiger partial charge in [-0.2, -0.15) is 0 Å². The van der Waals surface area contributed by atoms with Crippen molar-refractivity contribution in [2.75, 3.05) is 6.54 Å². The molecule has 6 nitrogen and oxygen atoms in total. The van der Waals surface area contributed by atoms with Gasteiger partial charge < -0.3 is 4.74 Å². The molecule has 2 heterocycles. The third kappa shape index (κ3) is 4.79. The normalized spacial score (nSPS) is 20.6. The molecule has 2 aliphatic rings. The Morgan fingerprint density at radius 3 is 2.03 bits per heavy atom. The number of imide groups is 1. The predicted octanol–water partition coefficient (Wildman–Crippen LogP) is 3.94. The molecule has 3 amide bonds. The summed E-state index contributed by atoms with van der Waals surface area (Å²) in [7, 11) is 0. The second kappa shape index (κ2) is 9.77. The van der Waals surface area contributed by atoms with E-state index >= 15 is 0 Å². The van der Waals surface area contributed by atoms with Crippen LogP contribution in [0.25, 0.3) is 0 Å². The number of carbonyl (C=O) groups excluding carboxylic acids is 3. The van der Waals surface area contributed by atoms with E-state index in [2.05, 4.69) is 12.1 Å². The van der Waals surface area contributed by atoms with Gasteiger partial charge in [0, 0.05) is 6.54 Å². The lowest BCUT2D eigenvalue weighted by Crippen LogP contribution is -2.68. The summed E-state index contributed by atoms with van der Waals surface area (Å²) in [6.45, 7) is 0.533. The molecule has 2 unspecified atom stereocenters. The topological polar surface area (TPSA) is 66.9 Å². The van der Waals surface area contributed by atoms with Crippen LogP contribution in [-0.4, -0.2) is 46.3 Å². The van der Waals surface area contributed by atoms with E-state index in [-0.39, 0.29) is 18.4 Å². The second-order valence-corrected chi connectivity index (χ2v) is 8.18. The molecule has 0 saturated carbocycles. The predicted molar refractivity (Wildman–Crippen MR) is 116 cm³/mol. The molecule has 2 bridgehead atoms. The van der Waals surface area contributed by atoms with Gasteiger partial charge in [0.05, 0.1) is 0 Å². The number of unbranched alkanes of at least 4 members (excludes halogenated alkanes) is 1. The summed E-state index contributed by atoms with van der Waals surface area (Å²) in [5.41, 5.74) is 2.12. The van der Waals surface area contributed by atoms with Gasteiger partial charge in [-0.25, -0.2) is 4.79 Å². The van der Waals surface area contributed by atoms with Gasteiger partial charge in [0.2, 0.25) is 0 Å². The number of amides is 3. The van der Waals surface area contributed by atoms with E-state index in [1.807, 2.05) is 48.5 Å². The lowest BCUT2D eigenvalue weighted by atomic mass is 9.90. The zero-order valence-corrected chi connectivity index (χ0v) is 17.6. The molecule has 0 aliphatic carbocycles. The molecule has 0 radical (unpaired) electrons. The van der Waals surface area contributed by atoms with Gasteiger partial charge in [-0.15, -0.1) is 0 Å². The molecule has 162 valence electrons. The van der Waals surface area contributed by atoms with E-state index < -0.39 is 18.2 Å². The molecule has 0 spiro atoms. The van der Waals surface area contributed by atoms with Gasteiger partial charge in [0.25, 0.3) is 11.8 Å². The van der Waals surface area contributed by atoms with Crippen LogP contribution in [0.3, 0.4) is 0 Å². The van der Waals surface area contributed by atoms with E-state index in [0.717, 1.165) is 31.2 Å². The van der Waals surface area contributed by atoms with Crippen molar-refractivity contribution in [3.63, 3.8) is 0 Å². The number of fused-ring (bicyclic) bond motifs is 2. The molecule has 31 heavy (non-hydrogen) atoms.